The van der Waals surface area contributed by atoms with Crippen molar-refractivity contribution in [2.45, 2.75) is 43.5 Å². The van der Waals surface area contributed by atoms with E-state index in [1.807, 2.05) is 31.2 Å². The van der Waals surface area contributed by atoms with E-state index in [9.17, 15) is 17.6 Å². The van der Waals surface area contributed by atoms with E-state index in [0.717, 1.165) is 35.2 Å². The molecular weight excluding hydrogens is 439 g/mol. The van der Waals surface area contributed by atoms with Crippen LogP contribution >= 0.6 is 0 Å². The first-order valence-corrected chi connectivity index (χ1v) is 12.5. The summed E-state index contributed by atoms with van der Waals surface area (Å²) in [5, 5.41) is 2.91. The molecule has 1 N–H and O–H groups in total. The van der Waals surface area contributed by atoms with Crippen molar-refractivity contribution in [3.63, 3.8) is 0 Å². The normalized spacial score (nSPS) is 14.4. The van der Waals surface area contributed by atoms with Crippen molar-refractivity contribution in [2.24, 2.45) is 0 Å². The van der Waals surface area contributed by atoms with E-state index in [1.165, 1.54) is 16.4 Å². The minimum atomic E-state index is -3.65. The van der Waals surface area contributed by atoms with E-state index in [2.05, 4.69) is 5.32 Å². The number of hydrogen-bond acceptors (Lipinski definition) is 3. The number of amides is 1. The lowest BCUT2D eigenvalue weighted by Crippen LogP contribution is -2.35. The minimum Gasteiger partial charge on any atom is -0.350 e. The first-order valence-electron chi connectivity index (χ1n) is 11.1. The highest BCUT2D eigenvalue weighted by Gasteiger charge is 2.28. The van der Waals surface area contributed by atoms with Crippen LogP contribution < -0.4 is 9.62 Å². The lowest BCUT2D eigenvalue weighted by molar-refractivity contribution is -0.121. The van der Waals surface area contributed by atoms with Gasteiger partial charge < -0.3 is 5.32 Å². The summed E-state index contributed by atoms with van der Waals surface area (Å²) in [6.07, 6.45) is 2.44. The number of carbonyl (C=O) groups is 1. The van der Waals surface area contributed by atoms with Crippen LogP contribution in [0.25, 0.3) is 0 Å². The summed E-state index contributed by atoms with van der Waals surface area (Å²) >= 11 is 0. The van der Waals surface area contributed by atoms with Gasteiger partial charge in [0.1, 0.15) is 5.82 Å². The molecule has 33 heavy (non-hydrogen) atoms. The quantitative estimate of drug-likeness (QED) is 0.545. The van der Waals surface area contributed by atoms with Gasteiger partial charge in [0.25, 0.3) is 10.0 Å². The molecule has 1 atom stereocenters. The number of sulfonamides is 1. The molecule has 1 heterocycles. The van der Waals surface area contributed by atoms with Gasteiger partial charge in [0, 0.05) is 13.0 Å². The molecule has 3 aromatic rings. The second-order valence-corrected chi connectivity index (χ2v) is 10.2. The van der Waals surface area contributed by atoms with Crippen LogP contribution in [0.3, 0.4) is 0 Å². The SMILES string of the molecule is CC(NC(=O)CCc1ccc(S(=O)(=O)N2CCCc3ccccc32)cc1)c1ccc(F)cc1. The Kier molecular flexibility index (Phi) is 6.79. The van der Waals surface area contributed by atoms with Crippen LogP contribution in [-0.4, -0.2) is 20.9 Å². The molecular formula is C26H27FN2O3S. The first kappa shape index (κ1) is 23.0. The predicted molar refractivity (Wildman–Crippen MR) is 127 cm³/mol. The van der Waals surface area contributed by atoms with Crippen LogP contribution in [0.2, 0.25) is 0 Å². The van der Waals surface area contributed by atoms with Gasteiger partial charge in [-0.25, -0.2) is 12.8 Å². The highest BCUT2D eigenvalue weighted by Crippen LogP contribution is 2.31. The fourth-order valence-electron chi connectivity index (χ4n) is 4.11. The maximum atomic E-state index is 13.2. The lowest BCUT2D eigenvalue weighted by Gasteiger charge is -2.30. The van der Waals surface area contributed by atoms with Gasteiger partial charge >= 0.3 is 0 Å². The average molecular weight is 467 g/mol. The topological polar surface area (TPSA) is 66.5 Å². The van der Waals surface area contributed by atoms with Gasteiger partial charge in [-0.05, 0) is 73.2 Å². The third-order valence-electron chi connectivity index (χ3n) is 5.97. The number of anilines is 1. The third-order valence-corrected chi connectivity index (χ3v) is 7.79. The maximum absolute atomic E-state index is 13.2. The molecule has 1 amide bonds. The fourth-order valence-corrected chi connectivity index (χ4v) is 5.65. The summed E-state index contributed by atoms with van der Waals surface area (Å²) in [7, 11) is -3.65. The van der Waals surface area contributed by atoms with Gasteiger partial charge in [-0.15, -0.1) is 0 Å². The lowest BCUT2D eigenvalue weighted by atomic mass is 10.0. The Hall–Kier alpha value is -3.19. The number of para-hydroxylation sites is 1. The minimum absolute atomic E-state index is 0.117. The van der Waals surface area contributed by atoms with Gasteiger partial charge in [0.15, 0.2) is 0 Å². The Balaban J connectivity index is 1.37. The van der Waals surface area contributed by atoms with Gasteiger partial charge in [0.2, 0.25) is 5.91 Å². The molecule has 3 aromatic carbocycles. The number of carbonyl (C=O) groups excluding carboxylic acids is 1. The summed E-state index contributed by atoms with van der Waals surface area (Å²) in [6, 6.07) is 20.2. The molecule has 0 radical (unpaired) electrons. The van der Waals surface area contributed by atoms with Crippen molar-refractivity contribution < 1.29 is 17.6 Å². The first-order chi connectivity index (χ1) is 15.8. The largest absolute Gasteiger partial charge is 0.350 e. The van der Waals surface area contributed by atoms with Crippen molar-refractivity contribution in [3.05, 3.63) is 95.3 Å². The molecule has 0 bridgehead atoms. The van der Waals surface area contributed by atoms with Crippen molar-refractivity contribution in [2.75, 3.05) is 10.8 Å². The van der Waals surface area contributed by atoms with Gasteiger partial charge in [-0.1, -0.05) is 42.5 Å². The van der Waals surface area contributed by atoms with Gasteiger partial charge in [0.05, 0.1) is 16.6 Å². The van der Waals surface area contributed by atoms with Crippen molar-refractivity contribution in [3.8, 4) is 0 Å². The number of halogens is 1. The van der Waals surface area contributed by atoms with E-state index < -0.39 is 10.0 Å². The molecule has 0 saturated heterocycles. The van der Waals surface area contributed by atoms with E-state index in [4.69, 9.17) is 0 Å². The number of benzene rings is 3. The Morgan fingerprint density at radius 3 is 2.45 bits per heavy atom. The Morgan fingerprint density at radius 2 is 1.73 bits per heavy atom. The second kappa shape index (κ2) is 9.75. The third kappa shape index (κ3) is 5.25. The molecule has 0 aromatic heterocycles. The molecule has 1 unspecified atom stereocenters. The summed E-state index contributed by atoms with van der Waals surface area (Å²) < 4.78 is 41.0. The monoisotopic (exact) mass is 466 g/mol. The number of nitrogens with zero attached hydrogens (tertiary/aromatic N) is 1. The number of rotatable bonds is 7. The van der Waals surface area contributed by atoms with Crippen LogP contribution in [0, 0.1) is 5.82 Å². The van der Waals surface area contributed by atoms with Gasteiger partial charge in [-0.2, -0.15) is 0 Å². The second-order valence-electron chi connectivity index (χ2n) is 8.29. The van der Waals surface area contributed by atoms with Crippen LogP contribution in [0.15, 0.2) is 77.7 Å². The maximum Gasteiger partial charge on any atom is 0.264 e. The molecule has 4 rings (SSSR count). The molecule has 1 aliphatic heterocycles. The average Bonchev–Trinajstić information content (AvgIpc) is 2.83. The van der Waals surface area contributed by atoms with E-state index >= 15 is 0 Å². The summed E-state index contributed by atoms with van der Waals surface area (Å²) in [4.78, 5) is 12.6. The number of fused-ring (bicyclic) bond motifs is 1. The van der Waals surface area contributed by atoms with E-state index in [-0.39, 0.29) is 29.1 Å². The van der Waals surface area contributed by atoms with Crippen molar-refractivity contribution in [1.29, 1.82) is 0 Å². The Bertz CT molecular complexity index is 1230. The zero-order valence-electron chi connectivity index (χ0n) is 18.5. The zero-order valence-corrected chi connectivity index (χ0v) is 19.3. The van der Waals surface area contributed by atoms with Gasteiger partial charge in [-0.3, -0.25) is 9.10 Å². The molecule has 0 fully saturated rings. The zero-order chi connectivity index (χ0) is 23.4. The molecule has 7 heteroatoms. The summed E-state index contributed by atoms with van der Waals surface area (Å²) in [5.74, 6) is -0.430. The fraction of sp³-hybridized carbons (Fsp3) is 0.269. The summed E-state index contributed by atoms with van der Waals surface area (Å²) in [5.41, 5.74) is 3.51. The van der Waals surface area contributed by atoms with Crippen molar-refractivity contribution >= 4 is 21.6 Å². The smallest absolute Gasteiger partial charge is 0.264 e. The van der Waals surface area contributed by atoms with E-state index in [0.29, 0.717) is 13.0 Å². The van der Waals surface area contributed by atoms with Crippen LogP contribution in [-0.2, 0) is 27.7 Å². The molecule has 0 spiro atoms. The summed E-state index contributed by atoms with van der Waals surface area (Å²) in [6.45, 7) is 2.32. The number of hydrogen-bond donors (Lipinski definition) is 1. The van der Waals surface area contributed by atoms with Crippen LogP contribution in [0.1, 0.15) is 42.5 Å². The number of aryl methyl sites for hydroxylation is 2. The number of nitrogens with one attached hydrogen (secondary N) is 1. The standard InChI is InChI=1S/C26H27FN2O3S/c1-19(21-11-13-23(27)14-12-21)28-26(30)17-10-20-8-15-24(16-9-20)33(31,32)29-18-4-6-22-5-2-3-7-25(22)29/h2-3,5,7-9,11-16,19H,4,6,10,17-18H2,1H3,(H,28,30). The van der Waals surface area contributed by atoms with Crippen LogP contribution in [0.4, 0.5) is 10.1 Å². The molecule has 5 nitrogen and oxygen atoms in total. The Labute approximate surface area is 194 Å². The molecule has 172 valence electrons. The van der Waals surface area contributed by atoms with E-state index in [1.54, 1.807) is 36.4 Å². The Morgan fingerprint density at radius 1 is 1.03 bits per heavy atom. The van der Waals surface area contributed by atoms with Crippen molar-refractivity contribution in [1.82, 2.24) is 5.32 Å². The molecule has 1 aliphatic rings. The predicted octanol–water partition coefficient (Wildman–Crippen LogP) is 4.78. The molecule has 0 aliphatic carbocycles. The highest BCUT2D eigenvalue weighted by atomic mass is 32.2. The highest BCUT2D eigenvalue weighted by molar-refractivity contribution is 7.92. The van der Waals surface area contributed by atoms with Crippen LogP contribution in [0.5, 0.6) is 0 Å². The molecule has 0 saturated carbocycles.